The first-order valence-electron chi connectivity index (χ1n) is 7.45. The van der Waals surface area contributed by atoms with Gasteiger partial charge in [-0.3, -0.25) is 0 Å². The summed E-state index contributed by atoms with van der Waals surface area (Å²) in [5.41, 5.74) is 0.524. The third-order valence-electron chi connectivity index (χ3n) is 4.08. The Morgan fingerprint density at radius 3 is 2.65 bits per heavy atom. The van der Waals surface area contributed by atoms with Gasteiger partial charge < -0.3 is 9.26 Å². The van der Waals surface area contributed by atoms with Crippen molar-refractivity contribution < 1.29 is 17.7 Å². The molecule has 1 saturated carbocycles. The summed E-state index contributed by atoms with van der Waals surface area (Å²) in [5.74, 6) is 1.44. The van der Waals surface area contributed by atoms with E-state index in [0.717, 1.165) is 12.8 Å². The lowest BCUT2D eigenvalue weighted by molar-refractivity contribution is 0.314. The van der Waals surface area contributed by atoms with Crippen molar-refractivity contribution in [1.82, 2.24) is 10.1 Å². The van der Waals surface area contributed by atoms with Gasteiger partial charge >= 0.3 is 0 Å². The minimum absolute atomic E-state index is 0.108. The number of halogens is 1. The van der Waals surface area contributed by atoms with E-state index in [2.05, 4.69) is 10.1 Å². The number of benzene rings is 1. The van der Waals surface area contributed by atoms with Crippen molar-refractivity contribution in [3.63, 3.8) is 0 Å². The van der Waals surface area contributed by atoms with E-state index in [-0.39, 0.29) is 10.6 Å². The van der Waals surface area contributed by atoms with E-state index >= 15 is 0 Å². The Morgan fingerprint density at radius 1 is 1.26 bits per heavy atom. The predicted molar refractivity (Wildman–Crippen MR) is 85.2 cm³/mol. The zero-order chi connectivity index (χ0) is 16.4. The van der Waals surface area contributed by atoms with Crippen LogP contribution in [0.2, 0.25) is 0 Å². The van der Waals surface area contributed by atoms with Crippen LogP contribution in [0.15, 0.2) is 27.6 Å². The second kappa shape index (κ2) is 6.49. The maximum absolute atomic E-state index is 11.7. The SMILES string of the molecule is COc1ccc(-c2noc(C3CCCCC3)n2)cc1S(=O)(=O)Cl. The van der Waals surface area contributed by atoms with Crippen LogP contribution >= 0.6 is 10.7 Å². The van der Waals surface area contributed by atoms with Crippen molar-refractivity contribution in [2.24, 2.45) is 0 Å². The largest absolute Gasteiger partial charge is 0.495 e. The van der Waals surface area contributed by atoms with Gasteiger partial charge in [0.25, 0.3) is 9.05 Å². The fourth-order valence-electron chi connectivity index (χ4n) is 2.87. The van der Waals surface area contributed by atoms with Crippen molar-refractivity contribution >= 4 is 19.7 Å². The van der Waals surface area contributed by atoms with Gasteiger partial charge in [0, 0.05) is 22.2 Å². The fourth-order valence-corrected chi connectivity index (χ4v) is 3.90. The molecular weight excluding hydrogens is 340 g/mol. The van der Waals surface area contributed by atoms with Crippen LogP contribution in [0, 0.1) is 0 Å². The molecule has 1 aliphatic rings. The molecule has 0 bridgehead atoms. The van der Waals surface area contributed by atoms with Crippen LogP contribution in [0.3, 0.4) is 0 Å². The molecule has 1 aromatic heterocycles. The summed E-state index contributed by atoms with van der Waals surface area (Å²) < 4.78 is 33.7. The summed E-state index contributed by atoms with van der Waals surface area (Å²) in [5, 5.41) is 3.98. The average molecular weight is 357 g/mol. The summed E-state index contributed by atoms with van der Waals surface area (Å²) in [6.07, 6.45) is 5.67. The molecule has 0 unspecified atom stereocenters. The molecule has 124 valence electrons. The number of aromatic nitrogens is 2. The Kier molecular flexibility index (Phi) is 4.59. The Morgan fingerprint density at radius 2 is 2.00 bits per heavy atom. The summed E-state index contributed by atoms with van der Waals surface area (Å²) >= 11 is 0. The summed E-state index contributed by atoms with van der Waals surface area (Å²) in [6, 6.07) is 4.61. The van der Waals surface area contributed by atoms with E-state index in [0.29, 0.717) is 23.2 Å². The second-order valence-corrected chi connectivity index (χ2v) is 8.13. The van der Waals surface area contributed by atoms with Crippen molar-refractivity contribution in [3.05, 3.63) is 24.1 Å². The highest BCUT2D eigenvalue weighted by Gasteiger charge is 2.23. The molecule has 2 aromatic rings. The second-order valence-electron chi connectivity index (χ2n) is 5.59. The molecule has 0 amide bonds. The number of hydrogen-bond acceptors (Lipinski definition) is 6. The first-order chi connectivity index (χ1) is 11.0. The highest BCUT2D eigenvalue weighted by Crippen LogP contribution is 2.34. The van der Waals surface area contributed by atoms with Crippen LogP contribution < -0.4 is 4.74 Å². The molecule has 3 rings (SSSR count). The Hall–Kier alpha value is -1.60. The van der Waals surface area contributed by atoms with Gasteiger partial charge in [-0.15, -0.1) is 0 Å². The lowest BCUT2D eigenvalue weighted by Gasteiger charge is -2.17. The molecule has 1 fully saturated rings. The van der Waals surface area contributed by atoms with Gasteiger partial charge in [0.15, 0.2) is 0 Å². The van der Waals surface area contributed by atoms with E-state index in [1.165, 1.54) is 38.5 Å². The minimum Gasteiger partial charge on any atom is -0.495 e. The van der Waals surface area contributed by atoms with Gasteiger partial charge in [-0.2, -0.15) is 4.98 Å². The smallest absolute Gasteiger partial charge is 0.265 e. The predicted octanol–water partition coefficient (Wildman–Crippen LogP) is 3.72. The first kappa shape index (κ1) is 16.3. The average Bonchev–Trinajstić information content (AvgIpc) is 3.04. The molecule has 8 heteroatoms. The molecule has 0 saturated heterocycles. The highest BCUT2D eigenvalue weighted by molar-refractivity contribution is 8.13. The van der Waals surface area contributed by atoms with E-state index in [1.807, 2.05) is 0 Å². The fraction of sp³-hybridized carbons (Fsp3) is 0.467. The molecule has 0 aliphatic heterocycles. The van der Waals surface area contributed by atoms with Crippen molar-refractivity contribution in [2.75, 3.05) is 7.11 Å². The summed E-state index contributed by atoms with van der Waals surface area (Å²) in [4.78, 5) is 4.32. The molecule has 23 heavy (non-hydrogen) atoms. The Bertz CT molecular complexity index is 798. The molecular formula is C15H17ClN2O4S. The monoisotopic (exact) mass is 356 g/mol. The van der Waals surface area contributed by atoms with Gasteiger partial charge in [0.2, 0.25) is 11.7 Å². The third kappa shape index (κ3) is 3.50. The molecule has 1 aromatic carbocycles. The van der Waals surface area contributed by atoms with Gasteiger partial charge in [-0.05, 0) is 31.0 Å². The standard InChI is InChI=1S/C15H17ClN2O4S/c1-21-12-8-7-11(9-13(12)23(16,19)20)14-17-15(22-18-14)10-5-3-2-4-6-10/h7-10H,2-6H2,1H3. The van der Waals surface area contributed by atoms with Gasteiger partial charge in [-0.25, -0.2) is 8.42 Å². The summed E-state index contributed by atoms with van der Waals surface area (Å²) in [7, 11) is 2.91. The van der Waals surface area contributed by atoms with E-state index < -0.39 is 9.05 Å². The van der Waals surface area contributed by atoms with Crippen molar-refractivity contribution in [2.45, 2.75) is 42.9 Å². The third-order valence-corrected chi connectivity index (χ3v) is 5.42. The van der Waals surface area contributed by atoms with Crippen molar-refractivity contribution in [3.8, 4) is 17.1 Å². The molecule has 0 radical (unpaired) electrons. The van der Waals surface area contributed by atoms with Crippen LogP contribution in [0.4, 0.5) is 0 Å². The molecule has 0 spiro atoms. The van der Waals surface area contributed by atoms with Crippen LogP contribution in [0.25, 0.3) is 11.4 Å². The quantitative estimate of drug-likeness (QED) is 0.776. The zero-order valence-corrected chi connectivity index (χ0v) is 14.2. The molecule has 1 aliphatic carbocycles. The maximum atomic E-state index is 11.7. The van der Waals surface area contributed by atoms with Gasteiger partial charge in [0.1, 0.15) is 10.6 Å². The number of nitrogens with zero attached hydrogens (tertiary/aromatic N) is 2. The first-order valence-corrected chi connectivity index (χ1v) is 9.76. The van der Waals surface area contributed by atoms with Crippen LogP contribution in [-0.2, 0) is 9.05 Å². The van der Waals surface area contributed by atoms with Crippen LogP contribution in [-0.4, -0.2) is 25.7 Å². The number of hydrogen-bond donors (Lipinski definition) is 0. The van der Waals surface area contributed by atoms with E-state index in [4.69, 9.17) is 19.9 Å². The zero-order valence-electron chi connectivity index (χ0n) is 12.7. The molecule has 0 N–H and O–H groups in total. The lowest BCUT2D eigenvalue weighted by Crippen LogP contribution is -2.04. The Balaban J connectivity index is 1.94. The van der Waals surface area contributed by atoms with E-state index in [9.17, 15) is 8.42 Å². The molecule has 0 atom stereocenters. The molecule has 6 nitrogen and oxygen atoms in total. The lowest BCUT2D eigenvalue weighted by atomic mass is 9.89. The van der Waals surface area contributed by atoms with Gasteiger partial charge in [0.05, 0.1) is 7.11 Å². The van der Waals surface area contributed by atoms with Crippen LogP contribution in [0.1, 0.15) is 43.9 Å². The Labute approximate surface area is 139 Å². The van der Waals surface area contributed by atoms with Crippen molar-refractivity contribution in [1.29, 1.82) is 0 Å². The number of methoxy groups -OCH3 is 1. The normalized spacial score (nSPS) is 16.4. The topological polar surface area (TPSA) is 82.3 Å². The van der Waals surface area contributed by atoms with E-state index in [1.54, 1.807) is 6.07 Å². The van der Waals surface area contributed by atoms with Crippen LogP contribution in [0.5, 0.6) is 5.75 Å². The summed E-state index contributed by atoms with van der Waals surface area (Å²) in [6.45, 7) is 0. The van der Waals surface area contributed by atoms with Gasteiger partial charge in [-0.1, -0.05) is 24.4 Å². The maximum Gasteiger partial charge on any atom is 0.265 e. The molecule has 1 heterocycles. The number of rotatable bonds is 4. The highest BCUT2D eigenvalue weighted by atomic mass is 35.7. The number of ether oxygens (including phenoxy) is 1. The minimum atomic E-state index is -3.93.